The molecule has 0 radical (unpaired) electrons. The molecule has 0 bridgehead atoms. The molecular formula is C18H23N5O2. The van der Waals surface area contributed by atoms with Crippen LogP contribution in [0.2, 0.25) is 0 Å². The Morgan fingerprint density at radius 1 is 1.44 bits per heavy atom. The topological polar surface area (TPSA) is 81.1 Å². The fourth-order valence-corrected chi connectivity index (χ4v) is 3.53. The second-order valence-electron chi connectivity index (χ2n) is 6.63. The van der Waals surface area contributed by atoms with Crippen LogP contribution in [0.15, 0.2) is 18.2 Å². The van der Waals surface area contributed by atoms with E-state index in [-0.39, 0.29) is 12.1 Å². The molecule has 0 spiro atoms. The minimum absolute atomic E-state index is 0.0629. The van der Waals surface area contributed by atoms with Gasteiger partial charge in [-0.15, -0.1) is 0 Å². The Hall–Kier alpha value is -2.57. The van der Waals surface area contributed by atoms with Crippen LogP contribution in [0.5, 0.6) is 5.75 Å². The third-order valence-electron chi connectivity index (χ3n) is 4.74. The van der Waals surface area contributed by atoms with Gasteiger partial charge in [0.1, 0.15) is 17.4 Å². The maximum Gasteiger partial charge on any atom is 0.315 e. The third kappa shape index (κ3) is 3.45. The van der Waals surface area contributed by atoms with E-state index in [0.717, 1.165) is 56.2 Å². The molecule has 1 atom stereocenters. The van der Waals surface area contributed by atoms with Crippen LogP contribution in [0.4, 0.5) is 4.79 Å². The van der Waals surface area contributed by atoms with Gasteiger partial charge in [-0.05, 0) is 43.4 Å². The molecule has 0 saturated carbocycles. The summed E-state index contributed by atoms with van der Waals surface area (Å²) in [7, 11) is 0. The van der Waals surface area contributed by atoms with E-state index in [1.807, 2.05) is 17.7 Å². The first-order chi connectivity index (χ1) is 12.2. The van der Waals surface area contributed by atoms with Crippen LogP contribution in [0, 0.1) is 6.92 Å². The molecule has 0 saturated heterocycles. The molecule has 2 aromatic rings. The summed E-state index contributed by atoms with van der Waals surface area (Å²) in [4.78, 5) is 16.6. The monoisotopic (exact) mass is 341 g/mol. The fourth-order valence-electron chi connectivity index (χ4n) is 3.53. The first-order valence-corrected chi connectivity index (χ1v) is 8.89. The highest BCUT2D eigenvalue weighted by molar-refractivity contribution is 5.74. The van der Waals surface area contributed by atoms with Crippen molar-refractivity contribution in [2.45, 2.75) is 45.2 Å². The molecule has 25 heavy (non-hydrogen) atoms. The van der Waals surface area contributed by atoms with E-state index in [0.29, 0.717) is 6.54 Å². The van der Waals surface area contributed by atoms with Crippen molar-refractivity contribution in [3.8, 4) is 5.75 Å². The number of hydrogen-bond donors (Lipinski definition) is 2. The van der Waals surface area contributed by atoms with Crippen molar-refractivity contribution in [3.05, 3.63) is 41.0 Å². The SMILES string of the molecule is Cc1nc2n(n1)CCCC2NC(=O)NCCc1ccc2c(c1)CCO2. The van der Waals surface area contributed by atoms with E-state index in [1.54, 1.807) is 0 Å². The van der Waals surface area contributed by atoms with Gasteiger partial charge in [-0.2, -0.15) is 5.10 Å². The summed E-state index contributed by atoms with van der Waals surface area (Å²) in [6, 6.07) is 6.05. The Labute approximate surface area is 146 Å². The Balaban J connectivity index is 1.28. The van der Waals surface area contributed by atoms with Crippen LogP contribution in [0.1, 0.15) is 41.7 Å². The van der Waals surface area contributed by atoms with Crippen molar-refractivity contribution in [1.29, 1.82) is 0 Å². The van der Waals surface area contributed by atoms with Gasteiger partial charge in [-0.25, -0.2) is 14.5 Å². The number of hydrogen-bond acceptors (Lipinski definition) is 4. The van der Waals surface area contributed by atoms with Crippen LogP contribution < -0.4 is 15.4 Å². The highest BCUT2D eigenvalue weighted by atomic mass is 16.5. The van der Waals surface area contributed by atoms with Gasteiger partial charge in [0.05, 0.1) is 12.6 Å². The summed E-state index contributed by atoms with van der Waals surface area (Å²) in [5, 5.41) is 10.3. The molecule has 2 N–H and O–H groups in total. The largest absolute Gasteiger partial charge is 0.493 e. The molecule has 1 aromatic carbocycles. The molecule has 2 amide bonds. The van der Waals surface area contributed by atoms with Gasteiger partial charge in [-0.3, -0.25) is 0 Å². The molecule has 7 nitrogen and oxygen atoms in total. The Morgan fingerprint density at radius 2 is 2.36 bits per heavy atom. The zero-order chi connectivity index (χ0) is 17.2. The number of rotatable bonds is 4. The molecule has 0 fully saturated rings. The summed E-state index contributed by atoms with van der Waals surface area (Å²) in [6.07, 6.45) is 3.67. The van der Waals surface area contributed by atoms with Crippen LogP contribution >= 0.6 is 0 Å². The van der Waals surface area contributed by atoms with Crippen molar-refractivity contribution >= 4 is 6.03 Å². The summed E-state index contributed by atoms with van der Waals surface area (Å²) in [5.74, 6) is 2.60. The predicted octanol–water partition coefficient (Wildman–Crippen LogP) is 1.90. The van der Waals surface area contributed by atoms with Gasteiger partial charge in [0.25, 0.3) is 0 Å². The van der Waals surface area contributed by atoms with Gasteiger partial charge in [0.15, 0.2) is 0 Å². The minimum atomic E-state index is -0.149. The number of carbonyl (C=O) groups excluding carboxylic acids is 1. The van der Waals surface area contributed by atoms with Gasteiger partial charge in [0.2, 0.25) is 0 Å². The highest BCUT2D eigenvalue weighted by Gasteiger charge is 2.24. The number of nitrogens with zero attached hydrogens (tertiary/aromatic N) is 3. The third-order valence-corrected chi connectivity index (χ3v) is 4.74. The Kier molecular flexibility index (Phi) is 4.29. The number of benzene rings is 1. The van der Waals surface area contributed by atoms with Crippen molar-refractivity contribution in [2.75, 3.05) is 13.2 Å². The average molecular weight is 341 g/mol. The van der Waals surface area contributed by atoms with Crippen molar-refractivity contribution < 1.29 is 9.53 Å². The Morgan fingerprint density at radius 3 is 3.28 bits per heavy atom. The number of nitrogens with one attached hydrogen (secondary N) is 2. The lowest BCUT2D eigenvalue weighted by Gasteiger charge is -2.23. The fraction of sp³-hybridized carbons (Fsp3) is 0.500. The minimum Gasteiger partial charge on any atom is -0.493 e. The number of fused-ring (bicyclic) bond motifs is 2. The van der Waals surface area contributed by atoms with Gasteiger partial charge >= 0.3 is 6.03 Å². The van der Waals surface area contributed by atoms with E-state index in [2.05, 4.69) is 32.8 Å². The van der Waals surface area contributed by atoms with E-state index in [1.165, 1.54) is 11.1 Å². The van der Waals surface area contributed by atoms with E-state index >= 15 is 0 Å². The maximum atomic E-state index is 12.2. The van der Waals surface area contributed by atoms with Crippen molar-refractivity contribution in [3.63, 3.8) is 0 Å². The van der Waals surface area contributed by atoms with Gasteiger partial charge in [-0.1, -0.05) is 12.1 Å². The second-order valence-corrected chi connectivity index (χ2v) is 6.63. The number of aryl methyl sites for hydroxylation is 2. The lowest BCUT2D eigenvalue weighted by Crippen LogP contribution is -2.40. The lowest BCUT2D eigenvalue weighted by atomic mass is 10.1. The smallest absolute Gasteiger partial charge is 0.315 e. The van der Waals surface area contributed by atoms with Crippen molar-refractivity contribution in [2.24, 2.45) is 0 Å². The molecule has 7 heteroatoms. The Bertz CT molecular complexity index is 786. The van der Waals surface area contributed by atoms with Gasteiger partial charge < -0.3 is 15.4 Å². The van der Waals surface area contributed by atoms with Gasteiger partial charge in [0, 0.05) is 19.5 Å². The summed E-state index contributed by atoms with van der Waals surface area (Å²) >= 11 is 0. The second kappa shape index (κ2) is 6.74. The van der Waals surface area contributed by atoms with E-state index in [4.69, 9.17) is 4.74 Å². The predicted molar refractivity (Wildman–Crippen MR) is 92.6 cm³/mol. The molecule has 2 aliphatic heterocycles. The van der Waals surface area contributed by atoms with E-state index < -0.39 is 0 Å². The van der Waals surface area contributed by atoms with Crippen LogP contribution in [0.25, 0.3) is 0 Å². The molecule has 1 aromatic heterocycles. The zero-order valence-corrected chi connectivity index (χ0v) is 14.4. The molecule has 4 rings (SSSR count). The highest BCUT2D eigenvalue weighted by Crippen LogP contribution is 2.26. The van der Waals surface area contributed by atoms with E-state index in [9.17, 15) is 4.79 Å². The number of urea groups is 1. The first kappa shape index (κ1) is 15.9. The maximum absolute atomic E-state index is 12.2. The number of carbonyl (C=O) groups is 1. The van der Waals surface area contributed by atoms with Crippen molar-refractivity contribution in [1.82, 2.24) is 25.4 Å². The quantitative estimate of drug-likeness (QED) is 0.890. The average Bonchev–Trinajstić information content (AvgIpc) is 3.20. The summed E-state index contributed by atoms with van der Waals surface area (Å²) in [6.45, 7) is 4.12. The number of amides is 2. The standard InChI is InChI=1S/C18H23N5O2/c1-12-20-17-15(3-2-9-23(17)22-12)21-18(24)19-8-6-13-4-5-16-14(11-13)7-10-25-16/h4-5,11,15H,2-3,6-10H2,1H3,(H2,19,21,24). The van der Waals surface area contributed by atoms with Crippen LogP contribution in [-0.4, -0.2) is 33.9 Å². The summed E-state index contributed by atoms with van der Waals surface area (Å²) < 4.78 is 7.42. The molecule has 0 aliphatic carbocycles. The normalized spacial score (nSPS) is 18.2. The lowest BCUT2D eigenvalue weighted by molar-refractivity contribution is 0.233. The summed E-state index contributed by atoms with van der Waals surface area (Å²) in [5.41, 5.74) is 2.48. The molecule has 2 aliphatic rings. The molecular weight excluding hydrogens is 318 g/mol. The molecule has 1 unspecified atom stereocenters. The number of aromatic nitrogens is 3. The van der Waals surface area contributed by atoms with Crippen LogP contribution in [-0.2, 0) is 19.4 Å². The molecule has 132 valence electrons. The zero-order valence-electron chi connectivity index (χ0n) is 14.4. The van der Waals surface area contributed by atoms with Crippen LogP contribution in [0.3, 0.4) is 0 Å². The first-order valence-electron chi connectivity index (χ1n) is 8.89. The molecule has 3 heterocycles. The number of ether oxygens (including phenoxy) is 1.